The summed E-state index contributed by atoms with van der Waals surface area (Å²) in [5.41, 5.74) is -2.27. The molecule has 2 amide bonds. The predicted octanol–water partition coefficient (Wildman–Crippen LogP) is 1.39. The van der Waals surface area contributed by atoms with Crippen molar-refractivity contribution < 1.29 is 44.0 Å². The van der Waals surface area contributed by atoms with E-state index in [1.165, 1.54) is 6.07 Å². The Labute approximate surface area is 206 Å². The maximum absolute atomic E-state index is 13.7. The molecule has 11 nitrogen and oxygen atoms in total. The predicted molar refractivity (Wildman–Crippen MR) is 124 cm³/mol. The van der Waals surface area contributed by atoms with Gasteiger partial charge in [-0.3, -0.25) is 29.3 Å². The monoisotopic (exact) mass is 498 g/mol. The van der Waals surface area contributed by atoms with E-state index in [4.69, 9.17) is 4.74 Å². The number of aliphatic hydroxyl groups excluding tert-OH is 2. The van der Waals surface area contributed by atoms with Crippen LogP contribution >= 0.6 is 0 Å². The summed E-state index contributed by atoms with van der Waals surface area (Å²) in [5, 5.41) is 34.5. The van der Waals surface area contributed by atoms with Gasteiger partial charge in [0.2, 0.25) is 17.3 Å². The van der Waals surface area contributed by atoms with Gasteiger partial charge in [0.25, 0.3) is 5.91 Å². The number of aliphatic hydroxyl groups is 2. The zero-order valence-corrected chi connectivity index (χ0v) is 20.2. The Morgan fingerprint density at radius 3 is 2.33 bits per heavy atom. The van der Waals surface area contributed by atoms with E-state index in [0.717, 1.165) is 13.8 Å². The van der Waals surface area contributed by atoms with Crippen LogP contribution in [0.3, 0.4) is 0 Å². The first-order chi connectivity index (χ1) is 16.8. The van der Waals surface area contributed by atoms with Gasteiger partial charge >= 0.3 is 5.97 Å². The van der Waals surface area contributed by atoms with Crippen molar-refractivity contribution >= 4 is 35.0 Å². The largest absolute Gasteiger partial charge is 0.511 e. The van der Waals surface area contributed by atoms with Crippen molar-refractivity contribution in [1.29, 1.82) is 0 Å². The van der Waals surface area contributed by atoms with Crippen LogP contribution in [0, 0.1) is 11.8 Å². The maximum Gasteiger partial charge on any atom is 0.304 e. The number of hydrogen-bond donors (Lipinski definition) is 4. The van der Waals surface area contributed by atoms with Crippen LogP contribution in [-0.2, 0) is 30.3 Å². The number of nitrogens with one attached hydrogen (secondary N) is 1. The van der Waals surface area contributed by atoms with Crippen molar-refractivity contribution in [3.8, 4) is 5.75 Å². The van der Waals surface area contributed by atoms with Crippen LogP contribution in [0.5, 0.6) is 5.75 Å². The SMILES string of the molecule is CC(=O)NC(=O)C1=C(O)CC2CC3Cc4c(N(C)C)ccc(O)c4C(=O)C3=C(O)C2(OC(C)=O)C1=O. The molecule has 0 aromatic heterocycles. The number of amides is 2. The molecule has 0 saturated carbocycles. The van der Waals surface area contributed by atoms with E-state index >= 15 is 0 Å². The molecule has 4 N–H and O–H groups in total. The molecule has 4 rings (SSSR count). The summed E-state index contributed by atoms with van der Waals surface area (Å²) in [5.74, 6) is -8.32. The summed E-state index contributed by atoms with van der Waals surface area (Å²) in [6, 6.07) is 3.02. The third-order valence-corrected chi connectivity index (χ3v) is 6.94. The van der Waals surface area contributed by atoms with E-state index in [2.05, 4.69) is 0 Å². The number of anilines is 1. The molecule has 11 heteroatoms. The quantitative estimate of drug-likeness (QED) is 0.353. The van der Waals surface area contributed by atoms with Gasteiger partial charge in [0.1, 0.15) is 17.1 Å². The topological polar surface area (TPSA) is 171 Å². The van der Waals surface area contributed by atoms with Crippen LogP contribution in [0.1, 0.15) is 42.6 Å². The standard InChI is InChI=1S/C25H26N2O9/c1-10(28)26-24(35)20-17(31)9-13-7-12-8-14-15(27(3)4)5-6-16(30)19(14)21(32)18(12)22(33)25(13,23(20)34)36-11(2)29/h5-6,12-13,30-31,33H,7-9H2,1-4H3,(H,26,28,35). The van der Waals surface area contributed by atoms with E-state index in [1.807, 2.05) is 5.32 Å². The number of esters is 1. The number of ketones is 2. The number of rotatable bonds is 3. The molecule has 0 bridgehead atoms. The summed E-state index contributed by atoms with van der Waals surface area (Å²) < 4.78 is 5.39. The normalized spacial score (nSPS) is 25.0. The molecule has 3 unspecified atom stereocenters. The second-order valence-corrected chi connectivity index (χ2v) is 9.47. The number of phenols is 1. The lowest BCUT2D eigenvalue weighted by atomic mass is 9.60. The summed E-state index contributed by atoms with van der Waals surface area (Å²) >= 11 is 0. The molecule has 1 aromatic carbocycles. The minimum Gasteiger partial charge on any atom is -0.511 e. The summed E-state index contributed by atoms with van der Waals surface area (Å²) in [6.45, 7) is 2.04. The number of carbonyl (C=O) groups is 5. The first-order valence-corrected chi connectivity index (χ1v) is 11.3. The Morgan fingerprint density at radius 2 is 1.75 bits per heavy atom. The number of ether oxygens (including phenoxy) is 1. The van der Waals surface area contributed by atoms with Crippen LogP contribution in [0.15, 0.2) is 34.8 Å². The number of carbonyl (C=O) groups excluding carboxylic acids is 5. The van der Waals surface area contributed by atoms with Crippen LogP contribution in [0.25, 0.3) is 0 Å². The Balaban J connectivity index is 1.94. The highest BCUT2D eigenvalue weighted by Crippen LogP contribution is 2.53. The fraction of sp³-hybridized carbons (Fsp3) is 0.400. The molecule has 1 aromatic rings. The number of phenolic OH excluding ortho intramolecular Hbond substituents is 1. The van der Waals surface area contributed by atoms with E-state index in [-0.39, 0.29) is 36.1 Å². The molecule has 0 heterocycles. The van der Waals surface area contributed by atoms with Crippen molar-refractivity contribution in [2.45, 2.75) is 38.7 Å². The average molecular weight is 498 g/mol. The lowest BCUT2D eigenvalue weighted by Crippen LogP contribution is -2.59. The molecule has 190 valence electrons. The van der Waals surface area contributed by atoms with E-state index in [9.17, 15) is 39.3 Å². The molecule has 3 aliphatic carbocycles. The second-order valence-electron chi connectivity index (χ2n) is 9.47. The molecular weight excluding hydrogens is 472 g/mol. The summed E-state index contributed by atoms with van der Waals surface area (Å²) in [7, 11) is 3.56. The van der Waals surface area contributed by atoms with Gasteiger partial charge in [-0.15, -0.1) is 0 Å². The summed E-state index contributed by atoms with van der Waals surface area (Å²) in [4.78, 5) is 65.2. The van der Waals surface area contributed by atoms with Crippen molar-refractivity contribution in [3.63, 3.8) is 0 Å². The Hall–Kier alpha value is -4.15. The lowest BCUT2D eigenvalue weighted by molar-refractivity contribution is -0.173. The zero-order chi connectivity index (χ0) is 26.7. The smallest absolute Gasteiger partial charge is 0.304 e. The van der Waals surface area contributed by atoms with Gasteiger partial charge in [-0.2, -0.15) is 0 Å². The highest BCUT2D eigenvalue weighted by molar-refractivity contribution is 6.27. The number of aromatic hydroxyl groups is 1. The number of hydrogen-bond acceptors (Lipinski definition) is 10. The molecular formula is C25H26N2O9. The number of fused-ring (bicyclic) bond motifs is 3. The maximum atomic E-state index is 13.7. The Kier molecular flexibility index (Phi) is 5.90. The average Bonchev–Trinajstić information content (AvgIpc) is 2.74. The van der Waals surface area contributed by atoms with Crippen molar-refractivity contribution in [1.82, 2.24) is 5.32 Å². The van der Waals surface area contributed by atoms with Crippen LogP contribution in [0.2, 0.25) is 0 Å². The van der Waals surface area contributed by atoms with Gasteiger partial charge in [-0.25, -0.2) is 0 Å². The Morgan fingerprint density at radius 1 is 1.08 bits per heavy atom. The Bertz CT molecular complexity index is 1310. The molecule has 3 aliphatic rings. The molecule has 0 spiro atoms. The minimum absolute atomic E-state index is 0.0355. The van der Waals surface area contributed by atoms with Crippen LogP contribution in [0.4, 0.5) is 5.69 Å². The third-order valence-electron chi connectivity index (χ3n) is 6.94. The number of nitrogens with zero attached hydrogens (tertiary/aromatic N) is 1. The fourth-order valence-electron chi connectivity index (χ4n) is 5.61. The second kappa shape index (κ2) is 8.51. The molecule has 0 aliphatic heterocycles. The van der Waals surface area contributed by atoms with Crippen LogP contribution in [-0.4, -0.2) is 64.4 Å². The lowest BCUT2D eigenvalue weighted by Gasteiger charge is -2.47. The number of imide groups is 1. The molecule has 36 heavy (non-hydrogen) atoms. The van der Waals surface area contributed by atoms with Crippen molar-refractivity contribution in [2.75, 3.05) is 19.0 Å². The fourth-order valence-corrected chi connectivity index (χ4v) is 5.61. The van der Waals surface area contributed by atoms with Gasteiger partial charge in [-0.05, 0) is 36.5 Å². The number of allylic oxidation sites excluding steroid dienone is 2. The number of Topliss-reactive ketones (excluding diaryl/α,β-unsaturated/α-hetero) is 2. The molecule has 0 fully saturated rings. The van der Waals surface area contributed by atoms with Gasteiger partial charge in [0.05, 0.1) is 5.56 Å². The van der Waals surface area contributed by atoms with Gasteiger partial charge in [0.15, 0.2) is 11.5 Å². The van der Waals surface area contributed by atoms with E-state index < -0.39 is 63.9 Å². The van der Waals surface area contributed by atoms with E-state index in [0.29, 0.717) is 11.3 Å². The highest BCUT2D eigenvalue weighted by Gasteiger charge is 2.63. The van der Waals surface area contributed by atoms with Crippen molar-refractivity contribution in [3.05, 3.63) is 45.9 Å². The minimum atomic E-state index is -2.45. The van der Waals surface area contributed by atoms with Gasteiger partial charge in [0, 0.05) is 51.5 Å². The van der Waals surface area contributed by atoms with Gasteiger partial charge in [-0.1, -0.05) is 0 Å². The van der Waals surface area contributed by atoms with Crippen molar-refractivity contribution in [2.24, 2.45) is 11.8 Å². The zero-order valence-electron chi connectivity index (χ0n) is 20.2. The third kappa shape index (κ3) is 3.53. The van der Waals surface area contributed by atoms with Crippen LogP contribution < -0.4 is 10.2 Å². The van der Waals surface area contributed by atoms with E-state index in [1.54, 1.807) is 25.1 Å². The highest BCUT2D eigenvalue weighted by atomic mass is 16.6. The molecule has 3 atom stereocenters. The first-order valence-electron chi connectivity index (χ1n) is 11.3. The molecule has 0 radical (unpaired) electrons. The molecule has 0 saturated heterocycles. The summed E-state index contributed by atoms with van der Waals surface area (Å²) in [6.07, 6.45) is -0.0433. The van der Waals surface area contributed by atoms with Gasteiger partial charge < -0.3 is 25.0 Å². The number of benzene rings is 1. The first kappa shape index (κ1) is 25.0.